The predicted molar refractivity (Wildman–Crippen MR) is 45.5 cm³/mol. The van der Waals surface area contributed by atoms with Crippen LogP contribution in [0.2, 0.25) is 0 Å². The Labute approximate surface area is 71.9 Å². The Morgan fingerprint density at radius 1 is 1.25 bits per heavy atom. The molecule has 0 saturated heterocycles. The van der Waals surface area contributed by atoms with Crippen molar-refractivity contribution < 1.29 is 9.50 Å². The average Bonchev–Trinajstić information content (AvgIpc) is 2.05. The molecule has 1 aromatic rings. The van der Waals surface area contributed by atoms with Crippen LogP contribution in [0.5, 0.6) is 5.75 Å². The van der Waals surface area contributed by atoms with Crippen LogP contribution in [0.3, 0.4) is 0 Å². The van der Waals surface area contributed by atoms with Gasteiger partial charge in [-0.25, -0.2) is 0 Å². The Kier molecular flexibility index (Phi) is 3.58. The van der Waals surface area contributed by atoms with E-state index in [2.05, 4.69) is 0 Å². The number of halogens is 1. The van der Waals surface area contributed by atoms with E-state index >= 15 is 0 Å². The van der Waals surface area contributed by atoms with Gasteiger partial charge in [-0.05, 0) is 37.0 Å². The average molecular weight is 167 g/mol. The zero-order valence-electron chi connectivity index (χ0n) is 6.92. The summed E-state index contributed by atoms with van der Waals surface area (Å²) in [6.45, 7) is -0.267. The highest BCUT2D eigenvalue weighted by Gasteiger charge is 1.95. The molecule has 0 heterocycles. The maximum atomic E-state index is 11.7. The number of benzene rings is 1. The van der Waals surface area contributed by atoms with Crippen LogP contribution < -0.4 is 0 Å². The summed E-state index contributed by atoms with van der Waals surface area (Å²) in [7, 11) is 0. The van der Waals surface area contributed by atoms with Crippen molar-refractivity contribution in [2.45, 2.75) is 19.3 Å². The minimum absolute atomic E-state index is 0.0350. The quantitative estimate of drug-likeness (QED) is 0.614. The third kappa shape index (κ3) is 2.91. The van der Waals surface area contributed by atoms with Gasteiger partial charge in [0, 0.05) is 0 Å². The van der Waals surface area contributed by atoms with Crippen LogP contribution in [0.25, 0.3) is 0 Å². The fourth-order valence-corrected chi connectivity index (χ4v) is 1.12. The van der Waals surface area contributed by atoms with Crippen molar-refractivity contribution in [2.75, 3.05) is 6.67 Å². The third-order valence-corrected chi connectivity index (χ3v) is 1.75. The van der Waals surface area contributed by atoms with Gasteiger partial charge in [-0.1, -0.05) is 12.1 Å². The van der Waals surface area contributed by atoms with Crippen molar-refractivity contribution in [1.29, 1.82) is 0 Å². The highest BCUT2D eigenvalue weighted by molar-refractivity contribution is 5.26. The zero-order valence-corrected chi connectivity index (χ0v) is 6.92. The second-order valence-corrected chi connectivity index (χ2v) is 2.79. The van der Waals surface area contributed by atoms with Gasteiger partial charge >= 0.3 is 0 Å². The SMILES string of the molecule is [O]c1cccc(CCCCF)c1. The van der Waals surface area contributed by atoms with E-state index in [1.54, 1.807) is 12.1 Å². The molecule has 0 aliphatic heterocycles. The number of aryl methyl sites for hydroxylation is 1. The second-order valence-electron chi connectivity index (χ2n) is 2.79. The van der Waals surface area contributed by atoms with E-state index < -0.39 is 0 Å². The first-order chi connectivity index (χ1) is 5.83. The first-order valence-electron chi connectivity index (χ1n) is 4.15. The summed E-state index contributed by atoms with van der Waals surface area (Å²) in [5, 5.41) is 10.8. The highest BCUT2D eigenvalue weighted by atomic mass is 19.1. The lowest BCUT2D eigenvalue weighted by Crippen LogP contribution is -1.85. The van der Waals surface area contributed by atoms with Gasteiger partial charge in [0.2, 0.25) is 0 Å². The van der Waals surface area contributed by atoms with E-state index in [1.807, 2.05) is 6.07 Å². The number of hydrogen-bond donors (Lipinski definition) is 0. The maximum Gasteiger partial charge on any atom is 0.178 e. The van der Waals surface area contributed by atoms with E-state index in [0.29, 0.717) is 6.42 Å². The molecule has 0 aliphatic carbocycles. The Morgan fingerprint density at radius 2 is 2.08 bits per heavy atom. The van der Waals surface area contributed by atoms with Crippen molar-refractivity contribution in [1.82, 2.24) is 0 Å². The summed E-state index contributed by atoms with van der Waals surface area (Å²) in [6, 6.07) is 6.78. The molecule has 12 heavy (non-hydrogen) atoms. The lowest BCUT2D eigenvalue weighted by atomic mass is 10.1. The molecule has 0 atom stereocenters. The zero-order chi connectivity index (χ0) is 8.81. The molecular formula is C10H12FO. The Morgan fingerprint density at radius 3 is 2.75 bits per heavy atom. The van der Waals surface area contributed by atoms with Crippen LogP contribution in [0.1, 0.15) is 18.4 Å². The van der Waals surface area contributed by atoms with E-state index in [9.17, 15) is 9.50 Å². The molecule has 0 spiro atoms. The first-order valence-corrected chi connectivity index (χ1v) is 4.15. The molecule has 1 rings (SSSR count). The van der Waals surface area contributed by atoms with Crippen molar-refractivity contribution >= 4 is 0 Å². The van der Waals surface area contributed by atoms with Crippen molar-refractivity contribution in [3.63, 3.8) is 0 Å². The van der Waals surface area contributed by atoms with Crippen molar-refractivity contribution in [3.05, 3.63) is 29.8 Å². The van der Waals surface area contributed by atoms with Crippen LogP contribution in [-0.4, -0.2) is 6.67 Å². The molecule has 2 heteroatoms. The van der Waals surface area contributed by atoms with Gasteiger partial charge in [0.15, 0.2) is 5.75 Å². The lowest BCUT2D eigenvalue weighted by molar-refractivity contribution is 0.354. The van der Waals surface area contributed by atoms with Crippen molar-refractivity contribution in [3.8, 4) is 5.75 Å². The van der Waals surface area contributed by atoms with Crippen LogP contribution >= 0.6 is 0 Å². The van der Waals surface area contributed by atoms with E-state index in [4.69, 9.17) is 0 Å². The van der Waals surface area contributed by atoms with E-state index in [-0.39, 0.29) is 12.4 Å². The first kappa shape index (κ1) is 9.04. The molecule has 1 nitrogen and oxygen atoms in total. The molecule has 0 N–H and O–H groups in total. The van der Waals surface area contributed by atoms with Crippen LogP contribution in [0.15, 0.2) is 24.3 Å². The molecule has 0 aliphatic rings. The minimum Gasteiger partial charge on any atom is -0.290 e. The molecule has 0 saturated carbocycles. The summed E-state index contributed by atoms with van der Waals surface area (Å²) in [4.78, 5) is 0. The predicted octanol–water partition coefficient (Wildman–Crippen LogP) is 3.12. The number of unbranched alkanes of at least 4 members (excludes halogenated alkanes) is 1. The summed E-state index contributed by atoms with van der Waals surface area (Å²) >= 11 is 0. The minimum atomic E-state index is -0.267. The van der Waals surface area contributed by atoms with Gasteiger partial charge in [0.05, 0.1) is 6.67 Å². The van der Waals surface area contributed by atoms with Gasteiger partial charge in [0.1, 0.15) is 0 Å². The molecule has 1 radical (unpaired) electrons. The normalized spacial score (nSPS) is 10.1. The Bertz CT molecular complexity index is 235. The molecule has 65 valence electrons. The molecule has 0 amide bonds. The third-order valence-electron chi connectivity index (χ3n) is 1.75. The van der Waals surface area contributed by atoms with Gasteiger partial charge in [-0.3, -0.25) is 9.50 Å². The number of hydrogen-bond acceptors (Lipinski definition) is 0. The number of alkyl halides is 1. The summed E-state index contributed by atoms with van der Waals surface area (Å²) in [5.41, 5.74) is 1.01. The van der Waals surface area contributed by atoms with E-state index in [1.165, 1.54) is 6.07 Å². The second kappa shape index (κ2) is 4.75. The van der Waals surface area contributed by atoms with Gasteiger partial charge in [-0.2, -0.15) is 0 Å². The molecule has 0 fully saturated rings. The Hall–Kier alpha value is -1.05. The Balaban J connectivity index is 2.41. The fourth-order valence-electron chi connectivity index (χ4n) is 1.12. The molecule has 0 aromatic heterocycles. The van der Waals surface area contributed by atoms with E-state index in [0.717, 1.165) is 18.4 Å². The van der Waals surface area contributed by atoms with Gasteiger partial charge < -0.3 is 0 Å². The molecular weight excluding hydrogens is 155 g/mol. The largest absolute Gasteiger partial charge is 0.290 e. The molecule has 0 bridgehead atoms. The molecule has 0 unspecified atom stereocenters. The summed E-state index contributed by atoms with van der Waals surface area (Å²) < 4.78 is 11.7. The fraction of sp³-hybridized carbons (Fsp3) is 0.400. The van der Waals surface area contributed by atoms with Crippen LogP contribution in [0, 0.1) is 0 Å². The lowest BCUT2D eigenvalue weighted by Gasteiger charge is -1.98. The molecule has 1 aromatic carbocycles. The van der Waals surface area contributed by atoms with Gasteiger partial charge in [-0.15, -0.1) is 0 Å². The highest BCUT2D eigenvalue weighted by Crippen LogP contribution is 2.13. The maximum absolute atomic E-state index is 11.7. The van der Waals surface area contributed by atoms with Crippen LogP contribution in [0.4, 0.5) is 4.39 Å². The summed E-state index contributed by atoms with van der Waals surface area (Å²) in [6.07, 6.45) is 2.21. The smallest absolute Gasteiger partial charge is 0.178 e. The van der Waals surface area contributed by atoms with Crippen molar-refractivity contribution in [2.24, 2.45) is 0 Å². The summed E-state index contributed by atoms with van der Waals surface area (Å²) in [5.74, 6) is 0.0350. The topological polar surface area (TPSA) is 19.9 Å². The van der Waals surface area contributed by atoms with Crippen LogP contribution in [-0.2, 0) is 11.5 Å². The monoisotopic (exact) mass is 167 g/mol. The standard InChI is InChI=1S/C10H12FO/c11-7-2-1-4-9-5-3-6-10(12)8-9/h3,5-6,8H,1-2,4,7H2. The number of rotatable bonds is 4. The van der Waals surface area contributed by atoms with Gasteiger partial charge in [0.25, 0.3) is 0 Å².